The van der Waals surface area contributed by atoms with Crippen molar-refractivity contribution in [1.82, 2.24) is 14.9 Å². The molecule has 0 fully saturated rings. The number of nitrogens with zero attached hydrogens (tertiary/aromatic N) is 2. The fourth-order valence-corrected chi connectivity index (χ4v) is 3.72. The topological polar surface area (TPSA) is 71.6 Å². The number of hydrogen-bond acceptors (Lipinski definition) is 4. The van der Waals surface area contributed by atoms with Crippen molar-refractivity contribution in [2.75, 3.05) is 14.2 Å². The number of nitrogens with one attached hydrogen (secondary N) is 1. The van der Waals surface area contributed by atoms with Gasteiger partial charge in [-0.15, -0.1) is 0 Å². The van der Waals surface area contributed by atoms with Gasteiger partial charge in [0.05, 0.1) is 7.11 Å². The van der Waals surface area contributed by atoms with Gasteiger partial charge in [-0.2, -0.15) is 0 Å². The van der Waals surface area contributed by atoms with Crippen molar-refractivity contribution in [1.29, 1.82) is 0 Å². The van der Waals surface area contributed by atoms with Crippen molar-refractivity contribution in [2.45, 2.75) is 32.7 Å². The molecule has 0 saturated heterocycles. The number of para-hydroxylation sites is 1. The van der Waals surface area contributed by atoms with Gasteiger partial charge < -0.3 is 24.9 Å². The van der Waals surface area contributed by atoms with E-state index >= 15 is 0 Å². The Morgan fingerprint density at radius 1 is 1.32 bits per heavy atom. The molecule has 2 aromatic rings. The van der Waals surface area contributed by atoms with Crippen molar-refractivity contribution in [2.24, 2.45) is 5.92 Å². The lowest BCUT2D eigenvalue weighted by molar-refractivity contribution is -0.141. The smallest absolute Gasteiger partial charge is 0.251 e. The van der Waals surface area contributed by atoms with Gasteiger partial charge >= 0.3 is 0 Å². The zero-order valence-electron chi connectivity index (χ0n) is 15.3. The van der Waals surface area contributed by atoms with Crippen LogP contribution >= 0.6 is 0 Å². The molecule has 6 heteroatoms. The molecule has 3 rings (SSSR count). The van der Waals surface area contributed by atoms with E-state index in [-0.39, 0.29) is 17.7 Å². The van der Waals surface area contributed by atoms with E-state index in [4.69, 9.17) is 4.74 Å². The Morgan fingerprint density at radius 2 is 2.00 bits per heavy atom. The molecule has 1 aromatic carbocycles. The zero-order valence-corrected chi connectivity index (χ0v) is 15.3. The first-order chi connectivity index (χ1) is 11.8. The first kappa shape index (κ1) is 17.4. The number of carbonyl (C=O) groups is 1. The molecule has 1 aliphatic rings. The molecule has 1 aromatic heterocycles. The summed E-state index contributed by atoms with van der Waals surface area (Å²) in [5.74, 6) is 0.138. The van der Waals surface area contributed by atoms with Crippen LogP contribution in [-0.2, 0) is 9.53 Å². The van der Waals surface area contributed by atoms with Gasteiger partial charge in [-0.3, -0.25) is 4.79 Å². The van der Waals surface area contributed by atoms with E-state index in [0.29, 0.717) is 12.1 Å². The van der Waals surface area contributed by atoms with E-state index in [2.05, 4.69) is 4.98 Å². The fourth-order valence-electron chi connectivity index (χ4n) is 3.72. The molecule has 0 bridgehead atoms. The second-order valence-electron chi connectivity index (χ2n) is 7.14. The summed E-state index contributed by atoms with van der Waals surface area (Å²) in [4.78, 5) is 17.8. The normalized spacial score (nSPS) is 21.6. The highest BCUT2D eigenvalue weighted by Gasteiger charge is 2.45. The average Bonchev–Trinajstić information content (AvgIpc) is 2.99. The van der Waals surface area contributed by atoms with Crippen molar-refractivity contribution in [3.63, 3.8) is 0 Å². The Balaban J connectivity index is 2.21. The molecule has 0 radical (unpaired) electrons. The van der Waals surface area contributed by atoms with E-state index in [1.54, 1.807) is 18.9 Å². The number of aromatic nitrogens is 1. The standard InChI is InChI=1S/C19H24N3O3/c1-12(2)10-19(3)18(23)21(4)16(17(25-5)22(19)24)14-11-20-15-9-7-6-8-13(14)15/h6-9,11-12,20H,10H2,1-5H3/q-1. The molecule has 0 aliphatic carbocycles. The maximum absolute atomic E-state index is 13.1. The molecule has 1 atom stereocenters. The van der Waals surface area contributed by atoms with Crippen molar-refractivity contribution in [3.8, 4) is 0 Å². The number of benzene rings is 1. The number of fused-ring (bicyclic) bond motifs is 1. The number of ether oxygens (including phenoxy) is 1. The van der Waals surface area contributed by atoms with Crippen molar-refractivity contribution >= 4 is 22.5 Å². The van der Waals surface area contributed by atoms with Crippen molar-refractivity contribution in [3.05, 3.63) is 47.1 Å². The van der Waals surface area contributed by atoms with Crippen LogP contribution in [0.15, 0.2) is 36.3 Å². The van der Waals surface area contributed by atoms with Gasteiger partial charge in [-0.25, -0.2) is 0 Å². The number of likely N-dealkylation sites (N-methyl/N-ethyl adjacent to an activating group) is 1. The molecular formula is C19H24N3O3-. The van der Waals surface area contributed by atoms with Gasteiger partial charge in [-0.05, 0) is 25.3 Å². The summed E-state index contributed by atoms with van der Waals surface area (Å²) in [6.45, 7) is 5.68. The highest BCUT2D eigenvalue weighted by molar-refractivity contribution is 6.01. The summed E-state index contributed by atoms with van der Waals surface area (Å²) in [7, 11) is 3.17. The molecule has 1 unspecified atom stereocenters. The number of hydrogen-bond donors (Lipinski definition) is 1. The SMILES string of the molecule is COC1=C(c2c[nH]c3ccccc23)N(C)C(=O)C(C)(CC(C)C)N1[O-]. The minimum atomic E-state index is -1.18. The zero-order chi connectivity index (χ0) is 18.4. The second kappa shape index (κ2) is 6.11. The van der Waals surface area contributed by atoms with Crippen LogP contribution in [0.3, 0.4) is 0 Å². The monoisotopic (exact) mass is 342 g/mol. The Hall–Kier alpha value is -2.47. The Labute approximate surface area is 147 Å². The molecular weight excluding hydrogens is 318 g/mol. The summed E-state index contributed by atoms with van der Waals surface area (Å²) >= 11 is 0. The Kier molecular flexibility index (Phi) is 4.24. The van der Waals surface area contributed by atoms with Crippen LogP contribution in [0.1, 0.15) is 32.8 Å². The third kappa shape index (κ3) is 2.57. The molecule has 1 amide bonds. The van der Waals surface area contributed by atoms with Crippen LogP contribution in [0.4, 0.5) is 0 Å². The summed E-state index contributed by atoms with van der Waals surface area (Å²) in [6, 6.07) is 7.77. The van der Waals surface area contributed by atoms with E-state index in [1.165, 1.54) is 7.11 Å². The highest BCUT2D eigenvalue weighted by Crippen LogP contribution is 2.40. The molecule has 0 saturated carbocycles. The quantitative estimate of drug-likeness (QED) is 0.923. The number of hydroxylamine groups is 2. The lowest BCUT2D eigenvalue weighted by Crippen LogP contribution is -2.59. The van der Waals surface area contributed by atoms with Crippen LogP contribution in [0.25, 0.3) is 16.6 Å². The fraction of sp³-hybridized carbons (Fsp3) is 0.421. The summed E-state index contributed by atoms with van der Waals surface area (Å²) in [5.41, 5.74) is 1.02. The average molecular weight is 342 g/mol. The molecule has 25 heavy (non-hydrogen) atoms. The van der Waals surface area contributed by atoms with Crippen LogP contribution < -0.4 is 0 Å². The molecule has 1 aliphatic heterocycles. The van der Waals surface area contributed by atoms with Gasteiger partial charge in [0.1, 0.15) is 11.2 Å². The van der Waals surface area contributed by atoms with Gasteiger partial charge in [-0.1, -0.05) is 32.0 Å². The third-order valence-corrected chi connectivity index (χ3v) is 4.78. The third-order valence-electron chi connectivity index (χ3n) is 4.78. The van der Waals surface area contributed by atoms with E-state index in [1.807, 2.05) is 44.3 Å². The number of amides is 1. The van der Waals surface area contributed by atoms with Crippen LogP contribution in [0.5, 0.6) is 0 Å². The van der Waals surface area contributed by atoms with E-state index < -0.39 is 5.54 Å². The van der Waals surface area contributed by atoms with Crippen LogP contribution in [-0.4, -0.2) is 40.6 Å². The lowest BCUT2D eigenvalue weighted by Gasteiger charge is -2.53. The maximum atomic E-state index is 13.1. The summed E-state index contributed by atoms with van der Waals surface area (Å²) in [6.07, 6.45) is 2.26. The largest absolute Gasteiger partial charge is 0.755 e. The molecule has 0 spiro atoms. The van der Waals surface area contributed by atoms with Gasteiger partial charge in [0.15, 0.2) is 0 Å². The summed E-state index contributed by atoms with van der Waals surface area (Å²) in [5, 5.41) is 14.8. The minimum Gasteiger partial charge on any atom is -0.755 e. The van der Waals surface area contributed by atoms with Crippen molar-refractivity contribution < 1.29 is 9.53 Å². The van der Waals surface area contributed by atoms with E-state index in [9.17, 15) is 10.0 Å². The second-order valence-corrected chi connectivity index (χ2v) is 7.14. The molecule has 2 heterocycles. The molecule has 134 valence electrons. The Bertz CT molecular complexity index is 839. The minimum absolute atomic E-state index is 0.162. The lowest BCUT2D eigenvalue weighted by atomic mass is 9.87. The Morgan fingerprint density at radius 3 is 2.64 bits per heavy atom. The predicted octanol–water partition coefficient (Wildman–Crippen LogP) is 3.52. The number of aromatic amines is 1. The summed E-state index contributed by atoms with van der Waals surface area (Å²) < 4.78 is 5.47. The molecule has 6 nitrogen and oxygen atoms in total. The van der Waals surface area contributed by atoms with Gasteiger partial charge in [0.2, 0.25) is 5.88 Å². The number of methoxy groups -OCH3 is 1. The predicted molar refractivity (Wildman–Crippen MR) is 98.1 cm³/mol. The first-order valence-corrected chi connectivity index (χ1v) is 8.41. The maximum Gasteiger partial charge on any atom is 0.251 e. The first-order valence-electron chi connectivity index (χ1n) is 8.41. The van der Waals surface area contributed by atoms with Crippen LogP contribution in [0.2, 0.25) is 0 Å². The number of H-pyrrole nitrogens is 1. The van der Waals surface area contributed by atoms with Gasteiger partial charge in [0.25, 0.3) is 5.91 Å². The number of carbonyl (C=O) groups excluding carboxylic acids is 1. The van der Waals surface area contributed by atoms with E-state index in [0.717, 1.165) is 21.5 Å². The van der Waals surface area contributed by atoms with Gasteiger partial charge in [0, 0.05) is 29.7 Å². The molecule has 1 N–H and O–H groups in total. The highest BCUT2D eigenvalue weighted by atomic mass is 16.6. The number of rotatable bonds is 4. The van der Waals surface area contributed by atoms with Crippen LogP contribution in [0, 0.1) is 11.1 Å².